The molecule has 140 valence electrons. The van der Waals surface area contributed by atoms with Gasteiger partial charge in [-0.1, -0.05) is 41.9 Å². The Morgan fingerprint density at radius 2 is 2.00 bits per heavy atom. The van der Waals surface area contributed by atoms with E-state index >= 15 is 0 Å². The Bertz CT molecular complexity index is 975. The molecule has 3 heterocycles. The van der Waals surface area contributed by atoms with E-state index in [-0.39, 0.29) is 5.91 Å². The largest absolute Gasteiger partial charge is 0.336 e. The minimum atomic E-state index is 0.0635. The molecule has 5 nitrogen and oxygen atoms in total. The van der Waals surface area contributed by atoms with Crippen LogP contribution in [0, 0.1) is 13.8 Å². The van der Waals surface area contributed by atoms with Crippen LogP contribution in [-0.2, 0) is 0 Å². The molecule has 4 rings (SSSR count). The molecule has 0 radical (unpaired) electrons. The summed E-state index contributed by atoms with van der Waals surface area (Å²) in [6, 6.07) is 10.4. The van der Waals surface area contributed by atoms with Crippen LogP contribution < -0.4 is 0 Å². The number of piperidine rings is 1. The monoisotopic (exact) mass is 363 g/mol. The van der Waals surface area contributed by atoms with Crippen molar-refractivity contribution in [2.24, 2.45) is 0 Å². The number of carbonyl (C=O) groups excluding carboxylic acids is 1. The number of amides is 1. The van der Waals surface area contributed by atoms with E-state index in [0.29, 0.717) is 23.0 Å². The van der Waals surface area contributed by atoms with Crippen LogP contribution in [0.4, 0.5) is 0 Å². The summed E-state index contributed by atoms with van der Waals surface area (Å²) in [6.07, 6.45) is 4.30. The van der Waals surface area contributed by atoms with Crippen LogP contribution in [-0.4, -0.2) is 33.5 Å². The number of rotatable bonds is 3. The minimum Gasteiger partial charge on any atom is -0.336 e. The lowest BCUT2D eigenvalue weighted by Gasteiger charge is -2.35. The van der Waals surface area contributed by atoms with E-state index in [2.05, 4.69) is 24.0 Å². The normalized spacial score (nSPS) is 17.4. The predicted molar refractivity (Wildman–Crippen MR) is 106 cm³/mol. The zero-order valence-corrected chi connectivity index (χ0v) is 16.2. The van der Waals surface area contributed by atoms with Gasteiger partial charge in [0.05, 0.1) is 22.3 Å². The van der Waals surface area contributed by atoms with Gasteiger partial charge in [-0.15, -0.1) is 0 Å². The van der Waals surface area contributed by atoms with Gasteiger partial charge in [-0.3, -0.25) is 4.79 Å². The lowest BCUT2D eigenvalue weighted by atomic mass is 9.97. The Labute approximate surface area is 159 Å². The first kappa shape index (κ1) is 17.7. The van der Waals surface area contributed by atoms with Crippen molar-refractivity contribution in [2.75, 3.05) is 6.54 Å². The number of benzene rings is 1. The highest BCUT2D eigenvalue weighted by Gasteiger charge is 2.29. The van der Waals surface area contributed by atoms with Gasteiger partial charge in [0.2, 0.25) is 0 Å². The van der Waals surface area contributed by atoms with E-state index in [4.69, 9.17) is 4.52 Å². The second kappa shape index (κ2) is 7.14. The molecule has 1 amide bonds. The van der Waals surface area contributed by atoms with Gasteiger partial charge in [-0.2, -0.15) is 0 Å². The summed E-state index contributed by atoms with van der Waals surface area (Å²) in [7, 11) is 0. The first-order valence-electron chi connectivity index (χ1n) is 9.73. The van der Waals surface area contributed by atoms with E-state index in [1.807, 2.05) is 42.2 Å². The average molecular weight is 363 g/mol. The van der Waals surface area contributed by atoms with Crippen molar-refractivity contribution in [1.82, 2.24) is 15.0 Å². The van der Waals surface area contributed by atoms with E-state index in [9.17, 15) is 4.79 Å². The number of pyridine rings is 1. The highest BCUT2D eigenvalue weighted by Crippen LogP contribution is 2.30. The summed E-state index contributed by atoms with van der Waals surface area (Å²) in [5.74, 6) is 0.0635. The van der Waals surface area contributed by atoms with Crippen molar-refractivity contribution in [1.29, 1.82) is 0 Å². The molecule has 1 unspecified atom stereocenters. The van der Waals surface area contributed by atoms with E-state index in [1.54, 1.807) is 0 Å². The Morgan fingerprint density at radius 1 is 1.22 bits per heavy atom. The van der Waals surface area contributed by atoms with E-state index in [1.165, 1.54) is 12.0 Å². The van der Waals surface area contributed by atoms with Gasteiger partial charge in [0, 0.05) is 18.2 Å². The predicted octanol–water partition coefficient (Wildman–Crippen LogP) is 4.91. The van der Waals surface area contributed by atoms with Crippen molar-refractivity contribution in [3.05, 3.63) is 47.2 Å². The molecule has 0 aliphatic carbocycles. The fourth-order valence-electron chi connectivity index (χ4n) is 3.98. The molecule has 1 saturated heterocycles. The number of hydrogen-bond donors (Lipinski definition) is 0. The first-order chi connectivity index (χ1) is 13.1. The standard InChI is InChI=1S/C22H25N3O2/c1-4-17-7-5-6-12-25(17)22(26)18-13-19(16-10-8-14(2)9-11-16)23-21-20(18)15(3)24-27-21/h8-11,13,17H,4-7,12H2,1-3H3. The zero-order chi connectivity index (χ0) is 19.0. The van der Waals surface area contributed by atoms with Crippen molar-refractivity contribution < 1.29 is 9.32 Å². The van der Waals surface area contributed by atoms with Crippen LogP contribution in [0.2, 0.25) is 0 Å². The second-order valence-electron chi connectivity index (χ2n) is 7.43. The molecule has 1 aliphatic heterocycles. The Kier molecular flexibility index (Phi) is 4.68. The van der Waals surface area contributed by atoms with Crippen LogP contribution in [0.3, 0.4) is 0 Å². The number of likely N-dealkylation sites (tertiary alicyclic amines) is 1. The highest BCUT2D eigenvalue weighted by atomic mass is 16.5. The molecule has 27 heavy (non-hydrogen) atoms. The molecule has 2 aromatic heterocycles. The molecule has 1 aliphatic rings. The Balaban J connectivity index is 1.84. The number of aromatic nitrogens is 2. The second-order valence-corrected chi connectivity index (χ2v) is 7.43. The third-order valence-electron chi connectivity index (χ3n) is 5.55. The molecule has 1 atom stereocenters. The van der Waals surface area contributed by atoms with E-state index < -0.39 is 0 Å². The SMILES string of the molecule is CCC1CCCCN1C(=O)c1cc(-c2ccc(C)cc2)nc2onc(C)c12. The Morgan fingerprint density at radius 3 is 2.74 bits per heavy atom. The Hall–Kier alpha value is -2.69. The smallest absolute Gasteiger partial charge is 0.259 e. The lowest BCUT2D eigenvalue weighted by Crippen LogP contribution is -2.43. The van der Waals surface area contributed by atoms with Gasteiger partial charge < -0.3 is 9.42 Å². The molecule has 0 saturated carbocycles. The summed E-state index contributed by atoms with van der Waals surface area (Å²) in [5, 5.41) is 4.80. The molecule has 1 aromatic carbocycles. The van der Waals surface area contributed by atoms with Crippen LogP contribution in [0.25, 0.3) is 22.4 Å². The number of aryl methyl sites for hydroxylation is 2. The molecular formula is C22H25N3O2. The van der Waals surface area contributed by atoms with E-state index in [0.717, 1.165) is 42.5 Å². The molecule has 0 bridgehead atoms. The molecule has 5 heteroatoms. The van der Waals surface area contributed by atoms with Crippen molar-refractivity contribution >= 4 is 17.0 Å². The van der Waals surface area contributed by atoms with Crippen LogP contribution >= 0.6 is 0 Å². The minimum absolute atomic E-state index is 0.0635. The van der Waals surface area contributed by atoms with Crippen LogP contribution in [0.15, 0.2) is 34.9 Å². The first-order valence-corrected chi connectivity index (χ1v) is 9.73. The summed E-state index contributed by atoms with van der Waals surface area (Å²) < 4.78 is 5.43. The third-order valence-corrected chi connectivity index (χ3v) is 5.55. The van der Waals surface area contributed by atoms with Gasteiger partial charge in [-0.05, 0) is 45.6 Å². The topological polar surface area (TPSA) is 59.2 Å². The molecule has 1 fully saturated rings. The number of carbonyl (C=O) groups is 1. The lowest BCUT2D eigenvalue weighted by molar-refractivity contribution is 0.0610. The zero-order valence-electron chi connectivity index (χ0n) is 16.2. The van der Waals surface area contributed by atoms with Gasteiger partial charge >= 0.3 is 0 Å². The number of hydrogen-bond acceptors (Lipinski definition) is 4. The maximum atomic E-state index is 13.5. The van der Waals surface area contributed by atoms with Gasteiger partial charge in [0.1, 0.15) is 0 Å². The molecule has 0 spiro atoms. The third kappa shape index (κ3) is 3.22. The van der Waals surface area contributed by atoms with Crippen molar-refractivity contribution in [2.45, 2.75) is 52.5 Å². The summed E-state index contributed by atoms with van der Waals surface area (Å²) >= 11 is 0. The van der Waals surface area contributed by atoms with Gasteiger partial charge in [0.15, 0.2) is 0 Å². The number of nitrogens with zero attached hydrogens (tertiary/aromatic N) is 3. The fraction of sp³-hybridized carbons (Fsp3) is 0.409. The summed E-state index contributed by atoms with van der Waals surface area (Å²) in [6.45, 7) is 6.88. The van der Waals surface area contributed by atoms with Crippen LogP contribution in [0.5, 0.6) is 0 Å². The molecular weight excluding hydrogens is 338 g/mol. The average Bonchev–Trinajstić information content (AvgIpc) is 3.08. The summed E-state index contributed by atoms with van der Waals surface area (Å²) in [4.78, 5) is 20.2. The maximum Gasteiger partial charge on any atom is 0.259 e. The van der Waals surface area contributed by atoms with Crippen LogP contribution in [0.1, 0.15) is 54.2 Å². The van der Waals surface area contributed by atoms with Crippen molar-refractivity contribution in [3.8, 4) is 11.3 Å². The molecule has 0 N–H and O–H groups in total. The molecule has 3 aromatic rings. The number of fused-ring (bicyclic) bond motifs is 1. The fourth-order valence-corrected chi connectivity index (χ4v) is 3.98. The van der Waals surface area contributed by atoms with Crippen molar-refractivity contribution in [3.63, 3.8) is 0 Å². The quantitative estimate of drug-likeness (QED) is 0.663. The van der Waals surface area contributed by atoms with Gasteiger partial charge in [-0.25, -0.2) is 4.98 Å². The summed E-state index contributed by atoms with van der Waals surface area (Å²) in [5.41, 5.74) is 4.68. The highest BCUT2D eigenvalue weighted by molar-refractivity contribution is 6.07. The van der Waals surface area contributed by atoms with Gasteiger partial charge in [0.25, 0.3) is 11.6 Å². The maximum absolute atomic E-state index is 13.5.